The lowest BCUT2D eigenvalue weighted by atomic mass is 9.60. The number of rotatable bonds is 15. The van der Waals surface area contributed by atoms with Crippen molar-refractivity contribution >= 4 is 40.5 Å². The number of ether oxygens (including phenoxy) is 1. The molecule has 2 aromatic carbocycles. The number of nitrogens with one attached hydrogen (secondary N) is 1. The summed E-state index contributed by atoms with van der Waals surface area (Å²) >= 11 is 1.61. The first kappa shape index (κ1) is 54.9. The average molecular weight is 1110 g/mol. The number of nitrogens with two attached hydrogens (primary N) is 1. The molecule has 2 amide bonds. The van der Waals surface area contributed by atoms with Gasteiger partial charge < -0.3 is 50.1 Å². The van der Waals surface area contributed by atoms with Crippen molar-refractivity contribution in [2.75, 3.05) is 87.5 Å². The molecule has 5 N–H and O–H groups in total. The van der Waals surface area contributed by atoms with Crippen LogP contribution < -0.4 is 20.9 Å². The molecule has 7 fully saturated rings. The Balaban J connectivity index is 0.582. The number of anilines is 3. The number of aromatic nitrogens is 4. The number of likely N-dealkylation sites (tertiary alicyclic amines) is 2. The number of benzene rings is 2. The number of carbonyl (C=O) groups excluding carboxylic acids is 2. The maximum Gasteiger partial charge on any atom is 0.243 e. The van der Waals surface area contributed by atoms with E-state index in [9.17, 15) is 19.8 Å². The molecule has 6 aliphatic heterocycles. The second-order valence-corrected chi connectivity index (χ2v) is 26.0. The molecule has 5 aromatic rings. The molecule has 8 atom stereocenters. The highest BCUT2D eigenvalue weighted by molar-refractivity contribution is 7.13. The van der Waals surface area contributed by atoms with E-state index in [4.69, 9.17) is 15.0 Å². The summed E-state index contributed by atoms with van der Waals surface area (Å²) in [6, 6.07) is 19.7. The first-order chi connectivity index (χ1) is 38.6. The van der Waals surface area contributed by atoms with Crippen molar-refractivity contribution in [2.24, 2.45) is 17.3 Å². The van der Waals surface area contributed by atoms with Crippen LogP contribution in [-0.2, 0) is 14.3 Å². The summed E-state index contributed by atoms with van der Waals surface area (Å²) < 4.78 is 12.7. The molecule has 18 nitrogen and oxygen atoms in total. The number of piperidine rings is 2. The van der Waals surface area contributed by atoms with Gasteiger partial charge in [0, 0.05) is 95.1 Å². The molecule has 428 valence electrons. The van der Waals surface area contributed by atoms with E-state index in [-0.39, 0.29) is 54.7 Å². The third-order valence-corrected chi connectivity index (χ3v) is 20.3. The Morgan fingerprint density at radius 3 is 2.31 bits per heavy atom. The van der Waals surface area contributed by atoms with Crippen LogP contribution in [0.4, 0.5) is 17.3 Å². The van der Waals surface area contributed by atoms with Crippen LogP contribution in [0.25, 0.3) is 21.7 Å². The van der Waals surface area contributed by atoms with Gasteiger partial charge in [-0.25, -0.2) is 4.98 Å². The standard InChI is InChI=1S/C61H82N12O6S/c1-37(2)56(60(77)73-33-47(74)24-52(73)59(76)64-39(4)42-10-12-43(13-11-42)57-40(5)63-36-80-57)54-26-55(67-79-54)69-20-16-41(17-21-69)30-68-22-18-61(19-23-68)27-46(28-61)70-29-38(3)78-48(34-70)35-72-44-14-15-45(72)32-71(31-44)51-25-50(65-66-58(51)62)49-8-6-7-9-53(49)75/h6-13,25-26,36-39,41,44-48,52,56,74-75H,14-24,27-35H2,1-5H3,(H2,62,66)(H,64,76)/t38-,39+,44?,45?,47-,48-,52+,56-/m1/s1. The van der Waals surface area contributed by atoms with Crippen molar-refractivity contribution in [3.05, 3.63) is 83.2 Å². The number of hydrogen-bond acceptors (Lipinski definition) is 17. The normalized spacial score (nSPS) is 26.8. The SMILES string of the molecule is Cc1ncsc1-c1ccc([C@H](C)NC(=O)[C@@H]2C[C@@H](O)CN2C(=O)[C@@H](c2cc(N3CCC(CN4CCC5(CC4)CC(N4C[C@H](CN6C7CCC6CN(c6cc(-c8ccccc8O)nnc6N)C7)O[C@H](C)C4)C5)CC3)no2)C(C)C)cc1. The number of piperazine rings is 1. The molecule has 80 heavy (non-hydrogen) atoms. The number of fused-ring (bicyclic) bond motifs is 2. The lowest BCUT2D eigenvalue weighted by Crippen LogP contribution is -2.62. The fourth-order valence-electron chi connectivity index (χ4n) is 14.9. The highest BCUT2D eigenvalue weighted by atomic mass is 32.1. The number of aliphatic hydroxyl groups is 1. The van der Waals surface area contributed by atoms with Gasteiger partial charge in [-0.2, -0.15) is 0 Å². The van der Waals surface area contributed by atoms with Crippen LogP contribution in [-0.4, -0.2) is 176 Å². The number of thiazole rings is 1. The summed E-state index contributed by atoms with van der Waals surface area (Å²) in [6.07, 6.45) is 9.47. The van der Waals surface area contributed by atoms with Crippen molar-refractivity contribution in [3.63, 3.8) is 0 Å². The molecule has 1 spiro atoms. The maximum absolute atomic E-state index is 14.4. The number of aliphatic hydroxyl groups excluding tert-OH is 1. The minimum atomic E-state index is -0.795. The van der Waals surface area contributed by atoms with E-state index in [0.717, 1.165) is 98.4 Å². The smallest absolute Gasteiger partial charge is 0.243 e. The molecular weight excluding hydrogens is 1030 g/mol. The van der Waals surface area contributed by atoms with E-state index in [1.54, 1.807) is 22.3 Å². The third kappa shape index (κ3) is 11.3. The van der Waals surface area contributed by atoms with Gasteiger partial charge in [-0.1, -0.05) is 55.4 Å². The number of para-hydroxylation sites is 1. The number of morpholine rings is 1. The number of carbonyl (C=O) groups is 2. The topological polar surface area (TPSA) is 206 Å². The van der Waals surface area contributed by atoms with E-state index in [0.29, 0.717) is 52.3 Å². The molecule has 1 aliphatic carbocycles. The van der Waals surface area contributed by atoms with Crippen LogP contribution in [0.5, 0.6) is 5.75 Å². The van der Waals surface area contributed by atoms with Gasteiger partial charge in [-0.3, -0.25) is 19.4 Å². The molecule has 1 saturated carbocycles. The molecule has 6 saturated heterocycles. The van der Waals surface area contributed by atoms with Gasteiger partial charge in [0.05, 0.1) is 51.8 Å². The zero-order chi connectivity index (χ0) is 55.4. The Kier molecular flexibility index (Phi) is 15.7. The fourth-order valence-corrected chi connectivity index (χ4v) is 15.7. The fraction of sp³-hybridized carbons (Fsp3) is 0.607. The Morgan fingerprint density at radius 2 is 1.61 bits per heavy atom. The van der Waals surface area contributed by atoms with E-state index < -0.39 is 18.1 Å². The molecule has 3 aromatic heterocycles. The first-order valence-electron chi connectivity index (χ1n) is 29.7. The summed E-state index contributed by atoms with van der Waals surface area (Å²) in [7, 11) is 0. The number of nitrogen functional groups attached to an aromatic ring is 1. The minimum absolute atomic E-state index is 0.0942. The number of nitrogens with zero attached hydrogens (tertiary/aromatic N) is 10. The minimum Gasteiger partial charge on any atom is -0.507 e. The van der Waals surface area contributed by atoms with Gasteiger partial charge >= 0.3 is 0 Å². The van der Waals surface area contributed by atoms with Gasteiger partial charge in [0.2, 0.25) is 11.8 Å². The summed E-state index contributed by atoms with van der Waals surface area (Å²) in [4.78, 5) is 48.3. The zero-order valence-electron chi connectivity index (χ0n) is 47.3. The quantitative estimate of drug-likeness (QED) is 0.0810. The van der Waals surface area contributed by atoms with E-state index >= 15 is 0 Å². The predicted octanol–water partition coefficient (Wildman–Crippen LogP) is 7.33. The Hall–Kier alpha value is -5.70. The van der Waals surface area contributed by atoms with Gasteiger partial charge in [0.15, 0.2) is 17.4 Å². The highest BCUT2D eigenvalue weighted by Gasteiger charge is 2.50. The van der Waals surface area contributed by atoms with E-state index in [1.807, 2.05) is 75.7 Å². The van der Waals surface area contributed by atoms with Gasteiger partial charge in [0.1, 0.15) is 17.7 Å². The maximum atomic E-state index is 14.4. The zero-order valence-corrected chi connectivity index (χ0v) is 48.1. The summed E-state index contributed by atoms with van der Waals surface area (Å²) in [5.74, 6) is 1.25. The van der Waals surface area contributed by atoms with Crippen LogP contribution in [0.15, 0.2) is 70.7 Å². The summed E-state index contributed by atoms with van der Waals surface area (Å²) in [5.41, 5.74) is 14.0. The largest absolute Gasteiger partial charge is 0.507 e. The number of phenols is 1. The van der Waals surface area contributed by atoms with E-state index in [1.165, 1.54) is 51.6 Å². The third-order valence-electron chi connectivity index (χ3n) is 19.3. The monoisotopic (exact) mass is 1110 g/mol. The molecule has 0 radical (unpaired) electrons. The molecule has 7 aliphatic rings. The molecular formula is C61H82N12O6S. The highest BCUT2D eigenvalue weighted by Crippen LogP contribution is 2.52. The Bertz CT molecular complexity index is 2950. The van der Waals surface area contributed by atoms with Crippen LogP contribution in [0.2, 0.25) is 0 Å². The number of aryl methyl sites for hydroxylation is 1. The van der Waals surface area contributed by atoms with Crippen LogP contribution in [0.3, 0.4) is 0 Å². The van der Waals surface area contributed by atoms with Crippen molar-refractivity contribution in [1.82, 2.24) is 45.3 Å². The van der Waals surface area contributed by atoms with Crippen molar-refractivity contribution in [2.45, 2.75) is 147 Å². The Labute approximate surface area is 475 Å². The Morgan fingerprint density at radius 1 is 0.875 bits per heavy atom. The van der Waals surface area contributed by atoms with Gasteiger partial charge in [0.25, 0.3) is 0 Å². The average Bonchev–Trinajstić information content (AvgIpc) is 4.25. The van der Waals surface area contributed by atoms with Crippen LogP contribution in [0, 0.1) is 24.2 Å². The number of hydrogen-bond donors (Lipinski definition) is 4. The molecule has 19 heteroatoms. The summed E-state index contributed by atoms with van der Waals surface area (Å²) in [5, 5.41) is 37.6. The molecule has 2 bridgehead atoms. The number of aromatic hydroxyl groups is 1. The van der Waals surface area contributed by atoms with E-state index in [2.05, 4.69) is 69.2 Å². The first-order valence-corrected chi connectivity index (χ1v) is 30.6. The van der Waals surface area contributed by atoms with Crippen LogP contribution in [0.1, 0.15) is 114 Å². The molecule has 2 unspecified atom stereocenters. The molecule has 9 heterocycles. The second-order valence-electron chi connectivity index (χ2n) is 25.1. The van der Waals surface area contributed by atoms with Crippen molar-refractivity contribution < 1.29 is 29.1 Å². The lowest BCUT2D eigenvalue weighted by molar-refractivity contribution is -0.141. The van der Waals surface area contributed by atoms with Crippen molar-refractivity contribution in [3.8, 4) is 27.4 Å². The van der Waals surface area contributed by atoms with Crippen LogP contribution >= 0.6 is 11.3 Å². The van der Waals surface area contributed by atoms with Gasteiger partial charge in [-0.15, -0.1) is 21.5 Å². The number of amides is 2. The lowest BCUT2D eigenvalue weighted by Gasteiger charge is -2.57. The number of phenolic OH excluding ortho intramolecular Hbond substituents is 1. The second kappa shape index (κ2) is 22.9. The molecule has 12 rings (SSSR count). The van der Waals surface area contributed by atoms with Gasteiger partial charge in [-0.05, 0) is 132 Å². The summed E-state index contributed by atoms with van der Waals surface area (Å²) in [6.45, 7) is 20.3. The number of β-amino-alcohol motifs (C(OH)–C–C–N with tert-alkyl or cyclic N) is 1. The predicted molar refractivity (Wildman–Crippen MR) is 310 cm³/mol. The van der Waals surface area contributed by atoms with Crippen molar-refractivity contribution in [1.29, 1.82) is 0 Å².